The standard InChI is InChI=1S/C30H30N2O4S/c1-23-13-19-29(20-14-23)37(34,35)32(21-25-9-5-3-6-10-25)27-15-17-28(18-16-27)36-22-30(33)31-24(2)26-11-7-4-8-12-26/h3-20,24H,21-22H2,1-2H3,(H,31,33)/t24-/m1/s1. The number of hydrogen-bond acceptors (Lipinski definition) is 4. The number of benzene rings is 4. The van der Waals surface area contributed by atoms with Crippen LogP contribution >= 0.6 is 0 Å². The maximum atomic E-state index is 13.6. The van der Waals surface area contributed by atoms with Crippen molar-refractivity contribution >= 4 is 21.6 Å². The molecule has 0 heterocycles. The van der Waals surface area contributed by atoms with Crippen molar-refractivity contribution in [2.24, 2.45) is 0 Å². The van der Waals surface area contributed by atoms with Crippen molar-refractivity contribution < 1.29 is 17.9 Å². The van der Waals surface area contributed by atoms with Crippen LogP contribution in [0.2, 0.25) is 0 Å². The van der Waals surface area contributed by atoms with Gasteiger partial charge in [-0.05, 0) is 61.4 Å². The fourth-order valence-corrected chi connectivity index (χ4v) is 5.32. The van der Waals surface area contributed by atoms with Crippen LogP contribution in [0.4, 0.5) is 5.69 Å². The molecule has 1 amide bonds. The summed E-state index contributed by atoms with van der Waals surface area (Å²) in [4.78, 5) is 12.6. The molecule has 0 radical (unpaired) electrons. The summed E-state index contributed by atoms with van der Waals surface area (Å²) < 4.78 is 34.3. The molecule has 190 valence electrons. The average Bonchev–Trinajstić information content (AvgIpc) is 2.92. The number of aryl methyl sites for hydroxylation is 1. The third kappa shape index (κ3) is 6.77. The van der Waals surface area contributed by atoms with Crippen LogP contribution < -0.4 is 14.4 Å². The van der Waals surface area contributed by atoms with Gasteiger partial charge in [-0.3, -0.25) is 9.10 Å². The molecular formula is C30H30N2O4S. The maximum Gasteiger partial charge on any atom is 0.264 e. The molecule has 4 rings (SSSR count). The van der Waals surface area contributed by atoms with E-state index >= 15 is 0 Å². The zero-order chi connectivity index (χ0) is 26.3. The first kappa shape index (κ1) is 26.0. The lowest BCUT2D eigenvalue weighted by Gasteiger charge is -2.25. The van der Waals surface area contributed by atoms with Crippen LogP contribution in [0, 0.1) is 6.92 Å². The van der Waals surface area contributed by atoms with E-state index in [1.807, 2.05) is 74.5 Å². The largest absolute Gasteiger partial charge is 0.484 e. The molecule has 0 saturated heterocycles. The number of nitrogens with zero attached hydrogens (tertiary/aromatic N) is 1. The zero-order valence-electron chi connectivity index (χ0n) is 20.9. The van der Waals surface area contributed by atoms with Gasteiger partial charge >= 0.3 is 0 Å². The highest BCUT2D eigenvalue weighted by Crippen LogP contribution is 2.28. The number of nitrogens with one attached hydrogen (secondary N) is 1. The van der Waals surface area contributed by atoms with Gasteiger partial charge in [-0.1, -0.05) is 78.4 Å². The zero-order valence-corrected chi connectivity index (χ0v) is 21.7. The van der Waals surface area contributed by atoms with Gasteiger partial charge < -0.3 is 10.1 Å². The third-order valence-electron chi connectivity index (χ3n) is 5.95. The Kier molecular flexibility index (Phi) is 8.25. The minimum Gasteiger partial charge on any atom is -0.484 e. The van der Waals surface area contributed by atoms with Crippen molar-refractivity contribution in [3.63, 3.8) is 0 Å². The second-order valence-electron chi connectivity index (χ2n) is 8.79. The van der Waals surface area contributed by atoms with E-state index in [1.54, 1.807) is 48.5 Å². The molecular weight excluding hydrogens is 484 g/mol. The van der Waals surface area contributed by atoms with E-state index in [2.05, 4.69) is 5.32 Å². The maximum absolute atomic E-state index is 13.6. The molecule has 0 aliphatic rings. The van der Waals surface area contributed by atoms with Gasteiger partial charge in [0.15, 0.2) is 6.61 Å². The van der Waals surface area contributed by atoms with Crippen molar-refractivity contribution in [1.82, 2.24) is 5.32 Å². The summed E-state index contributed by atoms with van der Waals surface area (Å²) >= 11 is 0. The lowest BCUT2D eigenvalue weighted by atomic mass is 10.1. The van der Waals surface area contributed by atoms with Gasteiger partial charge in [-0.2, -0.15) is 0 Å². The Hall–Kier alpha value is -4.10. The van der Waals surface area contributed by atoms with Crippen molar-refractivity contribution in [2.75, 3.05) is 10.9 Å². The molecule has 0 spiro atoms. The molecule has 0 aliphatic carbocycles. The van der Waals surface area contributed by atoms with Crippen LogP contribution in [-0.2, 0) is 21.4 Å². The Balaban J connectivity index is 1.48. The van der Waals surface area contributed by atoms with E-state index in [0.717, 1.165) is 16.7 Å². The number of ether oxygens (including phenoxy) is 1. The number of anilines is 1. The number of rotatable bonds is 10. The van der Waals surface area contributed by atoms with Crippen molar-refractivity contribution in [1.29, 1.82) is 0 Å². The van der Waals surface area contributed by atoms with E-state index < -0.39 is 10.0 Å². The van der Waals surface area contributed by atoms with Crippen molar-refractivity contribution in [3.8, 4) is 5.75 Å². The Morgan fingerprint density at radius 2 is 1.43 bits per heavy atom. The lowest BCUT2D eigenvalue weighted by Crippen LogP contribution is -2.31. The summed E-state index contributed by atoms with van der Waals surface area (Å²) in [6, 6.07) is 32.5. The van der Waals surface area contributed by atoms with Gasteiger partial charge in [0.1, 0.15) is 5.75 Å². The first-order chi connectivity index (χ1) is 17.8. The SMILES string of the molecule is Cc1ccc(S(=O)(=O)N(Cc2ccccc2)c2ccc(OCC(=O)N[C@H](C)c3ccccc3)cc2)cc1. The van der Waals surface area contributed by atoms with Crippen LogP contribution in [0.25, 0.3) is 0 Å². The predicted molar refractivity (Wildman–Crippen MR) is 146 cm³/mol. The molecule has 4 aromatic carbocycles. The van der Waals surface area contributed by atoms with E-state index in [9.17, 15) is 13.2 Å². The van der Waals surface area contributed by atoms with E-state index in [0.29, 0.717) is 11.4 Å². The van der Waals surface area contributed by atoms with Gasteiger partial charge in [0.2, 0.25) is 0 Å². The summed E-state index contributed by atoms with van der Waals surface area (Å²) in [5.74, 6) is 0.228. The Bertz CT molecular complexity index is 1410. The molecule has 0 fully saturated rings. The fourth-order valence-electron chi connectivity index (χ4n) is 3.87. The van der Waals surface area contributed by atoms with Crippen LogP contribution in [0.5, 0.6) is 5.75 Å². The topological polar surface area (TPSA) is 75.7 Å². The Morgan fingerprint density at radius 1 is 0.838 bits per heavy atom. The van der Waals surface area contributed by atoms with Crippen molar-refractivity contribution in [2.45, 2.75) is 31.3 Å². The predicted octanol–water partition coefficient (Wildman–Crippen LogP) is 5.65. The first-order valence-electron chi connectivity index (χ1n) is 12.0. The fraction of sp³-hybridized carbons (Fsp3) is 0.167. The van der Waals surface area contributed by atoms with Crippen molar-refractivity contribution in [3.05, 3.63) is 126 Å². The van der Waals surface area contributed by atoms with Crippen LogP contribution in [0.15, 0.2) is 114 Å². The number of amides is 1. The number of carbonyl (C=O) groups excluding carboxylic acids is 1. The third-order valence-corrected chi connectivity index (χ3v) is 7.74. The quantitative estimate of drug-likeness (QED) is 0.297. The Morgan fingerprint density at radius 3 is 2.05 bits per heavy atom. The first-order valence-corrected chi connectivity index (χ1v) is 13.5. The Labute approximate surface area is 218 Å². The number of sulfonamides is 1. The molecule has 6 nitrogen and oxygen atoms in total. The van der Waals surface area contributed by atoms with E-state index in [-0.39, 0.29) is 30.0 Å². The summed E-state index contributed by atoms with van der Waals surface area (Å²) in [5.41, 5.74) is 3.35. The summed E-state index contributed by atoms with van der Waals surface area (Å²) in [5, 5.41) is 2.91. The van der Waals surface area contributed by atoms with Crippen LogP contribution in [-0.4, -0.2) is 20.9 Å². The summed E-state index contributed by atoms with van der Waals surface area (Å²) in [6.45, 7) is 3.86. The smallest absolute Gasteiger partial charge is 0.264 e. The second-order valence-corrected chi connectivity index (χ2v) is 10.7. The monoisotopic (exact) mass is 514 g/mol. The van der Waals surface area contributed by atoms with E-state index in [4.69, 9.17) is 4.74 Å². The van der Waals surface area contributed by atoms with Gasteiger partial charge in [0, 0.05) is 0 Å². The second kappa shape index (κ2) is 11.8. The highest BCUT2D eigenvalue weighted by atomic mass is 32.2. The number of carbonyl (C=O) groups is 1. The highest BCUT2D eigenvalue weighted by Gasteiger charge is 2.25. The molecule has 7 heteroatoms. The van der Waals surface area contributed by atoms with Gasteiger partial charge in [0.25, 0.3) is 15.9 Å². The van der Waals surface area contributed by atoms with Gasteiger partial charge in [0.05, 0.1) is 23.2 Å². The minimum absolute atomic E-state index is 0.141. The molecule has 0 unspecified atom stereocenters. The summed E-state index contributed by atoms with van der Waals surface area (Å²) in [6.07, 6.45) is 0. The van der Waals surface area contributed by atoms with Crippen LogP contribution in [0.3, 0.4) is 0 Å². The molecule has 1 atom stereocenters. The van der Waals surface area contributed by atoms with Gasteiger partial charge in [-0.25, -0.2) is 8.42 Å². The highest BCUT2D eigenvalue weighted by molar-refractivity contribution is 7.92. The van der Waals surface area contributed by atoms with Crippen LogP contribution in [0.1, 0.15) is 29.7 Å². The molecule has 0 aromatic heterocycles. The molecule has 0 saturated carbocycles. The molecule has 37 heavy (non-hydrogen) atoms. The molecule has 4 aromatic rings. The minimum atomic E-state index is -3.82. The lowest BCUT2D eigenvalue weighted by molar-refractivity contribution is -0.123. The molecule has 1 N–H and O–H groups in total. The van der Waals surface area contributed by atoms with Gasteiger partial charge in [-0.15, -0.1) is 0 Å². The average molecular weight is 515 g/mol. The normalized spacial score (nSPS) is 11.9. The molecule has 0 aliphatic heterocycles. The van der Waals surface area contributed by atoms with E-state index in [1.165, 1.54) is 4.31 Å². The number of hydrogen-bond donors (Lipinski definition) is 1. The molecule has 0 bridgehead atoms. The summed E-state index contributed by atoms with van der Waals surface area (Å²) in [7, 11) is -3.82.